The smallest absolute Gasteiger partial charge is 0.222 e. The van der Waals surface area contributed by atoms with Crippen molar-refractivity contribution in [3.05, 3.63) is 71.8 Å². The average molecular weight is 407 g/mol. The number of rotatable bonds is 9. The van der Waals surface area contributed by atoms with E-state index in [9.17, 15) is 14.4 Å². The normalized spacial score (nSPS) is 19.6. The average Bonchev–Trinajstić information content (AvgIpc) is 2.77. The van der Waals surface area contributed by atoms with Crippen LogP contribution in [0.4, 0.5) is 0 Å². The second-order valence-electron chi connectivity index (χ2n) is 8.09. The molecule has 1 aliphatic rings. The summed E-state index contributed by atoms with van der Waals surface area (Å²) in [6.45, 7) is 0. The highest BCUT2D eigenvalue weighted by molar-refractivity contribution is 5.90. The third-order valence-electron chi connectivity index (χ3n) is 5.95. The van der Waals surface area contributed by atoms with Crippen molar-refractivity contribution in [2.75, 3.05) is 0 Å². The van der Waals surface area contributed by atoms with Crippen LogP contribution in [-0.4, -0.2) is 23.6 Å². The minimum absolute atomic E-state index is 0.0512. The number of primary amides is 1. The molecule has 158 valence electrons. The van der Waals surface area contributed by atoms with Crippen LogP contribution in [-0.2, 0) is 20.8 Å². The Labute approximate surface area is 178 Å². The first-order valence-electron chi connectivity index (χ1n) is 10.7. The summed E-state index contributed by atoms with van der Waals surface area (Å²) in [6, 6.07) is 19.4. The van der Waals surface area contributed by atoms with E-state index >= 15 is 0 Å². The molecule has 0 bridgehead atoms. The summed E-state index contributed by atoms with van der Waals surface area (Å²) < 4.78 is 0. The first kappa shape index (κ1) is 21.8. The van der Waals surface area contributed by atoms with Crippen LogP contribution < -0.4 is 11.1 Å². The molecule has 3 atom stereocenters. The maximum Gasteiger partial charge on any atom is 0.222 e. The van der Waals surface area contributed by atoms with E-state index in [2.05, 4.69) is 5.32 Å². The van der Waals surface area contributed by atoms with Crippen LogP contribution in [0.3, 0.4) is 0 Å². The predicted molar refractivity (Wildman–Crippen MR) is 117 cm³/mol. The highest BCUT2D eigenvalue weighted by atomic mass is 16.2. The van der Waals surface area contributed by atoms with Crippen molar-refractivity contribution in [1.29, 1.82) is 0 Å². The first-order valence-corrected chi connectivity index (χ1v) is 10.7. The van der Waals surface area contributed by atoms with Crippen LogP contribution in [0.25, 0.3) is 0 Å². The second-order valence-corrected chi connectivity index (χ2v) is 8.09. The first-order chi connectivity index (χ1) is 14.5. The van der Waals surface area contributed by atoms with Crippen LogP contribution >= 0.6 is 0 Å². The molecule has 1 aliphatic carbocycles. The van der Waals surface area contributed by atoms with Gasteiger partial charge >= 0.3 is 0 Å². The quantitative estimate of drug-likeness (QED) is 0.668. The summed E-state index contributed by atoms with van der Waals surface area (Å²) in [5, 5.41) is 2.94. The van der Waals surface area contributed by atoms with Crippen molar-refractivity contribution in [3.63, 3.8) is 0 Å². The number of hydrogen-bond acceptors (Lipinski definition) is 3. The zero-order valence-corrected chi connectivity index (χ0v) is 17.3. The topological polar surface area (TPSA) is 89.3 Å². The molecule has 2 aromatic carbocycles. The standard InChI is InChI=1S/C25H30N2O3/c26-25(30)20-13-7-8-14-22(20)27-24(29)16-15-23(28)21(19-11-5-2-6-12-19)17-18-9-3-1-4-10-18/h1-6,9-12,20-22H,7-8,13-17H2,(H2,26,30)(H,27,29)/t20-,21?,22-/m0/s1. The van der Waals surface area contributed by atoms with Gasteiger partial charge in [-0.3, -0.25) is 14.4 Å². The molecule has 0 spiro atoms. The number of Topliss-reactive ketones (excluding diaryl/α,β-unsaturated/α-hetero) is 1. The Kier molecular flexibility index (Phi) is 7.77. The fourth-order valence-electron chi connectivity index (χ4n) is 4.29. The Bertz CT molecular complexity index is 851. The van der Waals surface area contributed by atoms with Crippen molar-refractivity contribution in [1.82, 2.24) is 5.32 Å². The van der Waals surface area contributed by atoms with E-state index in [1.165, 1.54) is 0 Å². The highest BCUT2D eigenvalue weighted by Crippen LogP contribution is 2.26. The molecule has 0 saturated heterocycles. The molecule has 0 aliphatic heterocycles. The van der Waals surface area contributed by atoms with Gasteiger partial charge in [-0.05, 0) is 30.4 Å². The van der Waals surface area contributed by atoms with Crippen molar-refractivity contribution in [2.24, 2.45) is 11.7 Å². The van der Waals surface area contributed by atoms with E-state index < -0.39 is 0 Å². The summed E-state index contributed by atoms with van der Waals surface area (Å²) in [7, 11) is 0. The fraction of sp³-hybridized carbons (Fsp3) is 0.400. The van der Waals surface area contributed by atoms with Gasteiger partial charge in [0, 0.05) is 24.8 Å². The Hall–Kier alpha value is -2.95. The Morgan fingerprint density at radius 3 is 2.20 bits per heavy atom. The molecule has 3 N–H and O–H groups in total. The number of nitrogens with two attached hydrogens (primary N) is 1. The van der Waals surface area contributed by atoms with Crippen molar-refractivity contribution in [3.8, 4) is 0 Å². The van der Waals surface area contributed by atoms with Gasteiger partial charge in [-0.1, -0.05) is 73.5 Å². The van der Waals surface area contributed by atoms with Gasteiger partial charge in [-0.2, -0.15) is 0 Å². The van der Waals surface area contributed by atoms with Crippen molar-refractivity contribution < 1.29 is 14.4 Å². The molecule has 5 nitrogen and oxygen atoms in total. The van der Waals surface area contributed by atoms with Gasteiger partial charge in [0.05, 0.1) is 5.92 Å². The van der Waals surface area contributed by atoms with E-state index in [-0.39, 0.29) is 48.3 Å². The molecule has 2 amide bonds. The number of amides is 2. The second kappa shape index (κ2) is 10.7. The minimum atomic E-state index is -0.358. The molecular formula is C25H30N2O3. The number of benzene rings is 2. The molecular weight excluding hydrogens is 376 g/mol. The summed E-state index contributed by atoms with van der Waals surface area (Å²) in [4.78, 5) is 37.2. The lowest BCUT2D eigenvalue weighted by Gasteiger charge is -2.30. The molecule has 0 radical (unpaired) electrons. The number of hydrogen-bond donors (Lipinski definition) is 2. The van der Waals surface area contributed by atoms with Gasteiger partial charge < -0.3 is 11.1 Å². The zero-order chi connectivity index (χ0) is 21.3. The molecule has 1 saturated carbocycles. The van der Waals surface area contributed by atoms with Gasteiger partial charge in [0.15, 0.2) is 0 Å². The third-order valence-corrected chi connectivity index (χ3v) is 5.95. The van der Waals surface area contributed by atoms with Crippen LogP contribution in [0.2, 0.25) is 0 Å². The summed E-state index contributed by atoms with van der Waals surface area (Å²) in [5.41, 5.74) is 7.55. The molecule has 1 unspecified atom stereocenters. The van der Waals surface area contributed by atoms with Crippen molar-refractivity contribution in [2.45, 2.75) is 56.9 Å². The van der Waals surface area contributed by atoms with Gasteiger partial charge in [-0.25, -0.2) is 0 Å². The van der Waals surface area contributed by atoms with E-state index in [0.717, 1.165) is 30.4 Å². The van der Waals surface area contributed by atoms with E-state index in [1.54, 1.807) is 0 Å². The maximum absolute atomic E-state index is 13.1. The Morgan fingerprint density at radius 1 is 0.900 bits per heavy atom. The van der Waals surface area contributed by atoms with E-state index in [0.29, 0.717) is 12.8 Å². The zero-order valence-electron chi connectivity index (χ0n) is 17.3. The molecule has 30 heavy (non-hydrogen) atoms. The number of nitrogens with one attached hydrogen (secondary N) is 1. The summed E-state index contributed by atoms with van der Waals surface area (Å²) in [5.74, 6) is -1.09. The maximum atomic E-state index is 13.1. The van der Waals surface area contributed by atoms with Crippen LogP contribution in [0.1, 0.15) is 55.6 Å². The molecule has 0 heterocycles. The van der Waals surface area contributed by atoms with Gasteiger partial charge in [-0.15, -0.1) is 0 Å². The Balaban J connectivity index is 1.61. The molecule has 2 aromatic rings. The number of carbonyl (C=O) groups is 3. The lowest BCUT2D eigenvalue weighted by atomic mass is 9.83. The fourth-order valence-corrected chi connectivity index (χ4v) is 4.29. The lowest BCUT2D eigenvalue weighted by Crippen LogP contribution is -2.47. The summed E-state index contributed by atoms with van der Waals surface area (Å²) in [6.07, 6.45) is 4.31. The van der Waals surface area contributed by atoms with E-state index in [4.69, 9.17) is 5.73 Å². The Morgan fingerprint density at radius 2 is 1.53 bits per heavy atom. The monoisotopic (exact) mass is 406 g/mol. The predicted octanol–water partition coefficient (Wildman–Crippen LogP) is 3.52. The largest absolute Gasteiger partial charge is 0.369 e. The molecule has 5 heteroatoms. The number of ketones is 1. The third kappa shape index (κ3) is 6.02. The molecule has 0 aromatic heterocycles. The molecule has 3 rings (SSSR count). The minimum Gasteiger partial charge on any atom is -0.369 e. The van der Waals surface area contributed by atoms with Gasteiger partial charge in [0.25, 0.3) is 0 Å². The van der Waals surface area contributed by atoms with Crippen molar-refractivity contribution >= 4 is 17.6 Å². The van der Waals surface area contributed by atoms with Crippen LogP contribution in [0, 0.1) is 5.92 Å². The molecule has 1 fully saturated rings. The number of carbonyl (C=O) groups excluding carboxylic acids is 3. The highest BCUT2D eigenvalue weighted by Gasteiger charge is 2.30. The summed E-state index contributed by atoms with van der Waals surface area (Å²) >= 11 is 0. The SMILES string of the molecule is NC(=O)[C@H]1CCCC[C@@H]1NC(=O)CCC(=O)C(Cc1ccccc1)c1ccccc1. The van der Waals surface area contributed by atoms with Crippen LogP contribution in [0.15, 0.2) is 60.7 Å². The lowest BCUT2D eigenvalue weighted by molar-refractivity contribution is -0.128. The van der Waals surface area contributed by atoms with Gasteiger partial charge in [0.2, 0.25) is 11.8 Å². The van der Waals surface area contributed by atoms with E-state index in [1.807, 2.05) is 60.7 Å². The van der Waals surface area contributed by atoms with Crippen LogP contribution in [0.5, 0.6) is 0 Å². The van der Waals surface area contributed by atoms with Gasteiger partial charge in [0.1, 0.15) is 5.78 Å².